The summed E-state index contributed by atoms with van der Waals surface area (Å²) >= 11 is 0. The predicted molar refractivity (Wildman–Crippen MR) is 99.1 cm³/mol. The molecule has 0 unspecified atom stereocenters. The van der Waals surface area contributed by atoms with Gasteiger partial charge in [-0.2, -0.15) is 0 Å². The molecule has 0 bridgehead atoms. The molecule has 128 valence electrons. The van der Waals surface area contributed by atoms with E-state index in [1.165, 1.54) is 5.56 Å². The fourth-order valence-electron chi connectivity index (χ4n) is 3.25. The van der Waals surface area contributed by atoms with Gasteiger partial charge in [0.25, 0.3) is 0 Å². The summed E-state index contributed by atoms with van der Waals surface area (Å²) in [7, 11) is 0. The van der Waals surface area contributed by atoms with Gasteiger partial charge in [0, 0.05) is 12.5 Å². The summed E-state index contributed by atoms with van der Waals surface area (Å²) in [6.45, 7) is 1.42. The van der Waals surface area contributed by atoms with Crippen LogP contribution >= 0.6 is 0 Å². The van der Waals surface area contributed by atoms with E-state index in [0.29, 0.717) is 6.54 Å². The van der Waals surface area contributed by atoms with Crippen LogP contribution in [0.2, 0.25) is 0 Å². The molecule has 1 aliphatic rings. The second-order valence-corrected chi connectivity index (χ2v) is 6.75. The number of aryl methyl sites for hydroxylation is 2. The lowest BCUT2D eigenvalue weighted by Gasteiger charge is -2.10. The van der Waals surface area contributed by atoms with Crippen LogP contribution in [0.1, 0.15) is 30.7 Å². The van der Waals surface area contributed by atoms with E-state index >= 15 is 0 Å². The molecule has 1 aliphatic carbocycles. The van der Waals surface area contributed by atoms with E-state index in [4.69, 9.17) is 4.98 Å². The van der Waals surface area contributed by atoms with Crippen molar-refractivity contribution in [1.29, 1.82) is 0 Å². The third-order valence-corrected chi connectivity index (χ3v) is 4.79. The van der Waals surface area contributed by atoms with Crippen LogP contribution in [0.15, 0.2) is 54.6 Å². The Morgan fingerprint density at radius 2 is 1.84 bits per heavy atom. The second kappa shape index (κ2) is 7.09. The number of rotatable bonds is 7. The molecule has 25 heavy (non-hydrogen) atoms. The Kier molecular flexibility index (Phi) is 4.51. The van der Waals surface area contributed by atoms with Gasteiger partial charge in [-0.1, -0.05) is 42.5 Å². The number of benzene rings is 2. The van der Waals surface area contributed by atoms with Gasteiger partial charge in [0.2, 0.25) is 5.91 Å². The molecule has 1 aromatic heterocycles. The lowest BCUT2D eigenvalue weighted by molar-refractivity contribution is -0.122. The van der Waals surface area contributed by atoms with E-state index in [-0.39, 0.29) is 11.8 Å². The highest BCUT2D eigenvalue weighted by molar-refractivity contribution is 5.81. The first-order chi connectivity index (χ1) is 12.3. The van der Waals surface area contributed by atoms with Gasteiger partial charge < -0.3 is 9.88 Å². The van der Waals surface area contributed by atoms with Crippen LogP contribution in [0.3, 0.4) is 0 Å². The highest BCUT2D eigenvalue weighted by atomic mass is 16.2. The number of aromatic nitrogens is 2. The Bertz CT molecular complexity index is 865. The van der Waals surface area contributed by atoms with Gasteiger partial charge in [-0.25, -0.2) is 4.98 Å². The van der Waals surface area contributed by atoms with Gasteiger partial charge in [-0.05, 0) is 43.4 Å². The van der Waals surface area contributed by atoms with Gasteiger partial charge in [0.05, 0.1) is 17.6 Å². The maximum atomic E-state index is 12.0. The molecule has 4 nitrogen and oxygen atoms in total. The largest absolute Gasteiger partial charge is 0.349 e. The quantitative estimate of drug-likeness (QED) is 0.717. The lowest BCUT2D eigenvalue weighted by Crippen LogP contribution is -2.26. The van der Waals surface area contributed by atoms with E-state index in [1.54, 1.807) is 0 Å². The van der Waals surface area contributed by atoms with Crippen molar-refractivity contribution in [3.8, 4) is 0 Å². The topological polar surface area (TPSA) is 46.9 Å². The van der Waals surface area contributed by atoms with Crippen molar-refractivity contribution in [1.82, 2.24) is 14.9 Å². The van der Waals surface area contributed by atoms with Crippen molar-refractivity contribution in [2.45, 2.75) is 38.8 Å². The summed E-state index contributed by atoms with van der Waals surface area (Å²) in [6, 6.07) is 18.8. The molecule has 1 N–H and O–H groups in total. The Morgan fingerprint density at radius 3 is 2.64 bits per heavy atom. The van der Waals surface area contributed by atoms with Crippen LogP contribution in [0.25, 0.3) is 11.0 Å². The average molecular weight is 333 g/mol. The van der Waals surface area contributed by atoms with Crippen LogP contribution in [0.5, 0.6) is 0 Å². The van der Waals surface area contributed by atoms with Crippen molar-refractivity contribution in [3.05, 3.63) is 66.0 Å². The number of hydrogen-bond donors (Lipinski definition) is 1. The maximum absolute atomic E-state index is 12.0. The molecule has 3 aromatic rings. The van der Waals surface area contributed by atoms with Crippen LogP contribution < -0.4 is 5.32 Å². The summed E-state index contributed by atoms with van der Waals surface area (Å²) in [5, 5.41) is 3.05. The minimum absolute atomic E-state index is 0.169. The van der Waals surface area contributed by atoms with Gasteiger partial charge in [-0.3, -0.25) is 4.79 Å². The second-order valence-electron chi connectivity index (χ2n) is 6.75. The zero-order valence-corrected chi connectivity index (χ0v) is 14.3. The van der Waals surface area contributed by atoms with Crippen molar-refractivity contribution < 1.29 is 4.79 Å². The SMILES string of the molecule is O=C(NCc1nc2ccccc2n1CCCc1ccccc1)C1CC1. The Morgan fingerprint density at radius 1 is 1.08 bits per heavy atom. The summed E-state index contributed by atoms with van der Waals surface area (Å²) < 4.78 is 2.26. The first kappa shape index (κ1) is 15.9. The number of carbonyl (C=O) groups is 1. The monoisotopic (exact) mass is 333 g/mol. The van der Waals surface area contributed by atoms with Crippen molar-refractivity contribution in [2.24, 2.45) is 5.92 Å². The van der Waals surface area contributed by atoms with Gasteiger partial charge >= 0.3 is 0 Å². The third-order valence-electron chi connectivity index (χ3n) is 4.79. The number of amides is 1. The number of hydrogen-bond acceptors (Lipinski definition) is 2. The smallest absolute Gasteiger partial charge is 0.223 e. The summed E-state index contributed by atoms with van der Waals surface area (Å²) in [4.78, 5) is 16.7. The van der Waals surface area contributed by atoms with Crippen LogP contribution in [0.4, 0.5) is 0 Å². The molecule has 4 heteroatoms. The highest BCUT2D eigenvalue weighted by Gasteiger charge is 2.29. The summed E-state index contributed by atoms with van der Waals surface area (Å²) in [6.07, 6.45) is 4.15. The minimum Gasteiger partial charge on any atom is -0.349 e. The van der Waals surface area contributed by atoms with E-state index < -0.39 is 0 Å². The molecule has 0 radical (unpaired) electrons. The normalized spacial score (nSPS) is 13.9. The zero-order valence-electron chi connectivity index (χ0n) is 14.3. The Labute approximate surface area is 147 Å². The zero-order chi connectivity index (χ0) is 17.1. The number of nitrogens with zero attached hydrogens (tertiary/aromatic N) is 2. The molecular weight excluding hydrogens is 310 g/mol. The highest BCUT2D eigenvalue weighted by Crippen LogP contribution is 2.28. The molecule has 1 saturated carbocycles. The molecule has 2 aromatic carbocycles. The van der Waals surface area contributed by atoms with Crippen LogP contribution in [-0.2, 0) is 24.3 Å². The molecule has 1 heterocycles. The first-order valence-electron chi connectivity index (χ1n) is 9.07. The van der Waals surface area contributed by atoms with Gasteiger partial charge in [0.15, 0.2) is 0 Å². The molecular formula is C21H23N3O. The Balaban J connectivity index is 1.48. The standard InChI is InChI=1S/C21H23N3O/c25-21(17-12-13-17)22-15-20-23-18-10-4-5-11-19(18)24(20)14-6-9-16-7-2-1-3-8-16/h1-5,7-8,10-11,17H,6,9,12-15H2,(H,22,25). The molecule has 0 aliphatic heterocycles. The summed E-state index contributed by atoms with van der Waals surface area (Å²) in [5.74, 6) is 1.35. The lowest BCUT2D eigenvalue weighted by atomic mass is 10.1. The van der Waals surface area contributed by atoms with Crippen LogP contribution in [0, 0.1) is 5.92 Å². The number of fused-ring (bicyclic) bond motifs is 1. The molecule has 0 spiro atoms. The average Bonchev–Trinajstić information content (AvgIpc) is 3.44. The summed E-state index contributed by atoms with van der Waals surface area (Å²) in [5.41, 5.74) is 3.50. The van der Waals surface area contributed by atoms with E-state index in [1.807, 2.05) is 24.3 Å². The van der Waals surface area contributed by atoms with E-state index in [0.717, 1.165) is 49.1 Å². The predicted octanol–water partition coefficient (Wildman–Crippen LogP) is 3.70. The molecule has 4 rings (SSSR count). The minimum atomic E-state index is 0.169. The van der Waals surface area contributed by atoms with E-state index in [9.17, 15) is 4.79 Å². The van der Waals surface area contributed by atoms with E-state index in [2.05, 4.69) is 40.2 Å². The van der Waals surface area contributed by atoms with Gasteiger partial charge in [-0.15, -0.1) is 0 Å². The first-order valence-corrected chi connectivity index (χ1v) is 9.07. The van der Waals surface area contributed by atoms with Crippen molar-refractivity contribution >= 4 is 16.9 Å². The fourth-order valence-corrected chi connectivity index (χ4v) is 3.25. The molecule has 1 amide bonds. The molecule has 0 saturated heterocycles. The molecule has 1 fully saturated rings. The number of para-hydroxylation sites is 2. The van der Waals surface area contributed by atoms with Crippen molar-refractivity contribution in [3.63, 3.8) is 0 Å². The number of nitrogens with one attached hydrogen (secondary N) is 1. The maximum Gasteiger partial charge on any atom is 0.223 e. The third kappa shape index (κ3) is 3.73. The fraction of sp³-hybridized carbons (Fsp3) is 0.333. The van der Waals surface area contributed by atoms with Crippen molar-refractivity contribution in [2.75, 3.05) is 0 Å². The van der Waals surface area contributed by atoms with Crippen LogP contribution in [-0.4, -0.2) is 15.5 Å². The number of carbonyl (C=O) groups excluding carboxylic acids is 1. The van der Waals surface area contributed by atoms with Gasteiger partial charge in [0.1, 0.15) is 5.82 Å². The number of imidazole rings is 1. The molecule has 0 atom stereocenters. The Hall–Kier alpha value is -2.62.